The van der Waals surface area contributed by atoms with Crippen LogP contribution < -0.4 is 5.32 Å². The first-order chi connectivity index (χ1) is 16.3. The number of para-hydroxylation sites is 1. The van der Waals surface area contributed by atoms with Crippen molar-refractivity contribution >= 4 is 17.7 Å². The Labute approximate surface area is 197 Å². The molecule has 0 saturated carbocycles. The molecule has 4 rings (SSSR count). The van der Waals surface area contributed by atoms with E-state index in [4.69, 9.17) is 4.74 Å². The van der Waals surface area contributed by atoms with Crippen LogP contribution >= 0.6 is 11.8 Å². The Balaban J connectivity index is 1.50. The van der Waals surface area contributed by atoms with Crippen molar-refractivity contribution in [2.24, 2.45) is 0 Å². The van der Waals surface area contributed by atoms with Crippen LogP contribution in [-0.2, 0) is 17.3 Å². The lowest BCUT2D eigenvalue weighted by Crippen LogP contribution is -2.28. The number of nitrogens with one attached hydrogen (secondary N) is 1. The van der Waals surface area contributed by atoms with Crippen LogP contribution in [0.25, 0.3) is 5.69 Å². The summed E-state index contributed by atoms with van der Waals surface area (Å²) in [7, 11) is 0. The molecule has 1 N–H and O–H groups in total. The number of ether oxygens (including phenoxy) is 1. The van der Waals surface area contributed by atoms with E-state index in [1.807, 2.05) is 0 Å². The van der Waals surface area contributed by atoms with Crippen LogP contribution in [0.1, 0.15) is 34.6 Å². The van der Waals surface area contributed by atoms with Crippen LogP contribution in [0.2, 0.25) is 0 Å². The van der Waals surface area contributed by atoms with E-state index in [0.29, 0.717) is 23.3 Å². The molecule has 0 unspecified atom stereocenters. The van der Waals surface area contributed by atoms with Crippen molar-refractivity contribution in [3.8, 4) is 5.69 Å². The van der Waals surface area contributed by atoms with Gasteiger partial charge in [-0.25, -0.2) is 4.39 Å². The van der Waals surface area contributed by atoms with Crippen molar-refractivity contribution in [1.29, 1.82) is 0 Å². The molecule has 6 nitrogen and oxygen atoms in total. The normalized spacial score (nSPS) is 16.1. The van der Waals surface area contributed by atoms with Gasteiger partial charge in [0.15, 0.2) is 5.16 Å². The number of carbonyl (C=O) groups excluding carboxylic acids is 1. The lowest BCUT2D eigenvalue weighted by atomic mass is 10.1. The second-order valence-corrected chi connectivity index (χ2v) is 8.67. The molecule has 2 heterocycles. The standard InChI is InChI=1S/C23H22F4N4O2S/c24-18-9-3-4-10-19(18)31-20(29-30-22(31)34-14-15-6-5-13-33-15)11-12-28-21(32)16-7-1-2-8-17(16)23(25,26)27/h1-4,7-10,15H,5-6,11-14H2,(H,28,32)/t15-/m1/s1. The highest BCUT2D eigenvalue weighted by atomic mass is 32.2. The van der Waals surface area contributed by atoms with Gasteiger partial charge in [-0.1, -0.05) is 36.0 Å². The Morgan fingerprint density at radius 3 is 2.65 bits per heavy atom. The molecule has 34 heavy (non-hydrogen) atoms. The number of nitrogens with zero attached hydrogens (tertiary/aromatic N) is 3. The molecule has 1 atom stereocenters. The number of aromatic nitrogens is 3. The van der Waals surface area contributed by atoms with E-state index in [2.05, 4.69) is 15.5 Å². The van der Waals surface area contributed by atoms with Crippen molar-refractivity contribution in [3.63, 3.8) is 0 Å². The summed E-state index contributed by atoms with van der Waals surface area (Å²) in [6.07, 6.45) is -2.48. The zero-order valence-corrected chi connectivity index (χ0v) is 18.8. The van der Waals surface area contributed by atoms with Gasteiger partial charge in [0.25, 0.3) is 5.91 Å². The average molecular weight is 495 g/mol. The maximum Gasteiger partial charge on any atom is 0.417 e. The summed E-state index contributed by atoms with van der Waals surface area (Å²) in [5.74, 6) is -0.301. The van der Waals surface area contributed by atoms with Gasteiger partial charge >= 0.3 is 6.18 Å². The van der Waals surface area contributed by atoms with E-state index >= 15 is 0 Å². The summed E-state index contributed by atoms with van der Waals surface area (Å²) in [4.78, 5) is 12.4. The molecular weight excluding hydrogens is 472 g/mol. The Morgan fingerprint density at radius 2 is 1.91 bits per heavy atom. The molecular formula is C23H22F4N4O2S. The third kappa shape index (κ3) is 5.58. The van der Waals surface area contributed by atoms with Gasteiger partial charge in [0.05, 0.1) is 22.9 Å². The highest BCUT2D eigenvalue weighted by molar-refractivity contribution is 7.99. The fourth-order valence-corrected chi connectivity index (χ4v) is 4.71. The van der Waals surface area contributed by atoms with E-state index in [1.165, 1.54) is 30.0 Å². The van der Waals surface area contributed by atoms with Crippen molar-refractivity contribution in [3.05, 3.63) is 71.3 Å². The summed E-state index contributed by atoms with van der Waals surface area (Å²) >= 11 is 1.40. The molecule has 0 bridgehead atoms. The van der Waals surface area contributed by atoms with Gasteiger partial charge in [0, 0.05) is 25.3 Å². The lowest BCUT2D eigenvalue weighted by molar-refractivity contribution is -0.137. The van der Waals surface area contributed by atoms with Crippen molar-refractivity contribution in [2.75, 3.05) is 18.9 Å². The minimum atomic E-state index is -4.64. The smallest absolute Gasteiger partial charge is 0.377 e. The molecule has 1 fully saturated rings. The van der Waals surface area contributed by atoms with Gasteiger partial charge in [0.1, 0.15) is 11.6 Å². The molecule has 0 radical (unpaired) electrons. The maximum absolute atomic E-state index is 14.6. The predicted molar refractivity (Wildman–Crippen MR) is 118 cm³/mol. The number of thioether (sulfide) groups is 1. The summed E-state index contributed by atoms with van der Waals surface area (Å²) < 4.78 is 61.4. The molecule has 1 saturated heterocycles. The van der Waals surface area contributed by atoms with Crippen molar-refractivity contribution < 1.29 is 27.1 Å². The molecule has 2 aromatic carbocycles. The number of rotatable bonds is 8. The van der Waals surface area contributed by atoms with Crippen LogP contribution in [-0.4, -0.2) is 45.7 Å². The number of carbonyl (C=O) groups is 1. The Hall–Kier alpha value is -2.92. The number of hydrogen-bond donors (Lipinski definition) is 1. The summed E-state index contributed by atoms with van der Waals surface area (Å²) in [6, 6.07) is 10.8. The molecule has 3 aromatic rings. The maximum atomic E-state index is 14.6. The zero-order chi connectivity index (χ0) is 24.1. The van der Waals surface area contributed by atoms with Gasteiger partial charge in [-0.05, 0) is 37.1 Å². The fourth-order valence-electron chi connectivity index (χ4n) is 3.69. The Kier molecular flexibility index (Phi) is 7.52. The summed E-state index contributed by atoms with van der Waals surface area (Å²) in [6.45, 7) is 0.710. The third-order valence-electron chi connectivity index (χ3n) is 5.33. The summed E-state index contributed by atoms with van der Waals surface area (Å²) in [5.41, 5.74) is -1.21. The second kappa shape index (κ2) is 10.6. The van der Waals surface area contributed by atoms with E-state index in [1.54, 1.807) is 22.8 Å². The van der Waals surface area contributed by atoms with Crippen LogP contribution in [0.5, 0.6) is 0 Å². The van der Waals surface area contributed by atoms with Gasteiger partial charge in [-0.2, -0.15) is 13.2 Å². The number of benzene rings is 2. The monoisotopic (exact) mass is 494 g/mol. The topological polar surface area (TPSA) is 69.0 Å². The van der Waals surface area contributed by atoms with Crippen LogP contribution in [0.3, 0.4) is 0 Å². The molecule has 1 aliphatic heterocycles. The van der Waals surface area contributed by atoms with Crippen molar-refractivity contribution in [1.82, 2.24) is 20.1 Å². The molecule has 0 spiro atoms. The average Bonchev–Trinajstić information content (AvgIpc) is 3.47. The predicted octanol–water partition coefficient (Wildman–Crippen LogP) is 4.67. The van der Waals surface area contributed by atoms with Crippen LogP contribution in [0.15, 0.2) is 53.7 Å². The second-order valence-electron chi connectivity index (χ2n) is 7.68. The number of amides is 1. The molecule has 11 heteroatoms. The Morgan fingerprint density at radius 1 is 1.15 bits per heavy atom. The van der Waals surface area contributed by atoms with E-state index < -0.39 is 29.0 Å². The summed E-state index contributed by atoms with van der Waals surface area (Å²) in [5, 5.41) is 11.3. The molecule has 1 aliphatic rings. The highest BCUT2D eigenvalue weighted by Gasteiger charge is 2.34. The van der Waals surface area contributed by atoms with E-state index in [0.717, 1.165) is 25.0 Å². The minimum absolute atomic E-state index is 0.00594. The Bertz CT molecular complexity index is 1150. The number of hydrogen-bond acceptors (Lipinski definition) is 5. The molecule has 180 valence electrons. The molecule has 1 aromatic heterocycles. The fraction of sp³-hybridized carbons (Fsp3) is 0.348. The van der Waals surface area contributed by atoms with E-state index in [-0.39, 0.29) is 24.8 Å². The van der Waals surface area contributed by atoms with E-state index in [9.17, 15) is 22.4 Å². The first-order valence-corrected chi connectivity index (χ1v) is 11.7. The highest BCUT2D eigenvalue weighted by Crippen LogP contribution is 2.32. The van der Waals surface area contributed by atoms with Gasteiger partial charge in [-0.15, -0.1) is 10.2 Å². The quantitative estimate of drug-likeness (QED) is 0.364. The van der Waals surface area contributed by atoms with Crippen molar-refractivity contribution in [2.45, 2.75) is 36.7 Å². The number of halogens is 4. The van der Waals surface area contributed by atoms with Gasteiger partial charge < -0.3 is 10.1 Å². The molecule has 1 amide bonds. The largest absolute Gasteiger partial charge is 0.417 e. The lowest BCUT2D eigenvalue weighted by Gasteiger charge is -2.14. The van der Waals surface area contributed by atoms with Crippen LogP contribution in [0.4, 0.5) is 17.6 Å². The van der Waals surface area contributed by atoms with Gasteiger partial charge in [0.2, 0.25) is 0 Å². The number of alkyl halides is 3. The minimum Gasteiger partial charge on any atom is -0.377 e. The third-order valence-corrected chi connectivity index (χ3v) is 6.39. The SMILES string of the molecule is O=C(NCCc1nnc(SC[C@H]2CCCO2)n1-c1ccccc1F)c1ccccc1C(F)(F)F. The first kappa shape index (κ1) is 24.2. The zero-order valence-electron chi connectivity index (χ0n) is 18.0. The van der Waals surface area contributed by atoms with Gasteiger partial charge in [-0.3, -0.25) is 9.36 Å². The first-order valence-electron chi connectivity index (χ1n) is 10.7. The van der Waals surface area contributed by atoms with Crippen LogP contribution in [0, 0.1) is 5.82 Å². The molecule has 0 aliphatic carbocycles.